The lowest BCUT2D eigenvalue weighted by molar-refractivity contribution is -0.138. The highest BCUT2D eigenvalue weighted by atomic mass is 32.1. The third-order valence-corrected chi connectivity index (χ3v) is 5.84. The van der Waals surface area contributed by atoms with Crippen molar-refractivity contribution in [1.82, 2.24) is 25.4 Å². The molecule has 0 saturated heterocycles. The number of hydrogen-bond acceptors (Lipinski definition) is 7. The van der Waals surface area contributed by atoms with E-state index in [9.17, 15) is 14.7 Å². The third kappa shape index (κ3) is 4.98. The highest BCUT2D eigenvalue weighted by Gasteiger charge is 2.36. The van der Waals surface area contributed by atoms with Gasteiger partial charge in [0.2, 0.25) is 5.91 Å². The number of fused-ring (bicyclic) bond motifs is 1. The Bertz CT molecular complexity index is 840. The van der Waals surface area contributed by atoms with Crippen molar-refractivity contribution in [2.45, 2.75) is 44.4 Å². The van der Waals surface area contributed by atoms with Crippen LogP contribution in [0.25, 0.3) is 0 Å². The van der Waals surface area contributed by atoms with Gasteiger partial charge in [-0.2, -0.15) is 5.10 Å². The zero-order valence-corrected chi connectivity index (χ0v) is 16.5. The van der Waals surface area contributed by atoms with Crippen LogP contribution in [-0.2, 0) is 22.6 Å². The van der Waals surface area contributed by atoms with E-state index in [1.54, 1.807) is 17.1 Å². The van der Waals surface area contributed by atoms with Crippen LogP contribution in [0, 0.1) is 5.92 Å². The van der Waals surface area contributed by atoms with Gasteiger partial charge in [0.25, 0.3) is 12.4 Å². The van der Waals surface area contributed by atoms with Gasteiger partial charge >= 0.3 is 0 Å². The van der Waals surface area contributed by atoms with E-state index in [4.69, 9.17) is 9.90 Å². The molecule has 4 rings (SSSR count). The van der Waals surface area contributed by atoms with Crippen molar-refractivity contribution < 1.29 is 24.6 Å². The zero-order valence-electron chi connectivity index (χ0n) is 15.7. The number of nitrogens with zero attached hydrogens (tertiary/aromatic N) is 3. The van der Waals surface area contributed by atoms with Gasteiger partial charge in [-0.3, -0.25) is 19.5 Å². The molecule has 0 unspecified atom stereocenters. The molecule has 11 heteroatoms. The van der Waals surface area contributed by atoms with Gasteiger partial charge in [0.1, 0.15) is 5.69 Å². The fourth-order valence-corrected chi connectivity index (χ4v) is 4.30. The van der Waals surface area contributed by atoms with Crippen molar-refractivity contribution in [3.63, 3.8) is 0 Å². The van der Waals surface area contributed by atoms with Crippen LogP contribution >= 0.6 is 11.3 Å². The molecular formula is C18H23N5O5S. The van der Waals surface area contributed by atoms with Gasteiger partial charge in [0.05, 0.1) is 23.9 Å². The van der Waals surface area contributed by atoms with E-state index in [1.807, 2.05) is 4.90 Å². The van der Waals surface area contributed by atoms with E-state index in [2.05, 4.69) is 20.5 Å². The molecule has 4 N–H and O–H groups in total. The maximum Gasteiger partial charge on any atom is 0.290 e. The van der Waals surface area contributed by atoms with Crippen molar-refractivity contribution in [2.75, 3.05) is 6.54 Å². The summed E-state index contributed by atoms with van der Waals surface area (Å²) in [6.45, 7) is 0.989. The van der Waals surface area contributed by atoms with Crippen molar-refractivity contribution in [3.8, 4) is 0 Å². The summed E-state index contributed by atoms with van der Waals surface area (Å²) < 4.78 is 0. The second kappa shape index (κ2) is 9.61. The number of aliphatic hydroxyl groups is 1. The molecule has 2 amide bonds. The molecule has 1 aliphatic heterocycles. The normalized spacial score (nSPS) is 23.3. The minimum atomic E-state index is -0.636. The SMILES string of the molecule is O=C(N[C@@H]1C[C@@H](C(=O)N2CCc3[nH]ncc3C2)CC[C@H]1O)c1cscn1.O=CO. The number of carbonyl (C=O) groups is 3. The Morgan fingerprint density at radius 3 is 2.90 bits per heavy atom. The largest absolute Gasteiger partial charge is 0.483 e. The molecule has 0 aromatic carbocycles. The molecule has 3 heterocycles. The Morgan fingerprint density at radius 1 is 1.38 bits per heavy atom. The average molecular weight is 421 g/mol. The Labute approximate surface area is 171 Å². The first-order chi connectivity index (χ1) is 14.0. The standard InChI is InChI=1S/C17H21N5O3S.CH2O2/c23-15-2-1-10(5-13(15)20-16(24)14-8-26-9-18-14)17(25)22-4-3-12-11(7-22)6-19-21-12;2-1-3/h6,8-10,13,15,23H,1-5,7H2,(H,19,21)(H,20,24);1H,(H,2,3)/t10-,13+,15+;/m0./s1. The zero-order chi connectivity index (χ0) is 20.8. The first-order valence-corrected chi connectivity index (χ1v) is 10.2. The lowest BCUT2D eigenvalue weighted by Crippen LogP contribution is -2.50. The first-order valence-electron chi connectivity index (χ1n) is 9.28. The third-order valence-electron chi connectivity index (χ3n) is 5.26. The van der Waals surface area contributed by atoms with Crippen LogP contribution in [0.4, 0.5) is 0 Å². The fraction of sp³-hybridized carbons (Fsp3) is 0.500. The molecule has 0 bridgehead atoms. The summed E-state index contributed by atoms with van der Waals surface area (Å²) in [7, 11) is 0. The second-order valence-electron chi connectivity index (χ2n) is 7.02. The number of carboxylic acid groups (broad SMARTS) is 1. The van der Waals surface area contributed by atoms with Crippen LogP contribution in [0.5, 0.6) is 0 Å². The van der Waals surface area contributed by atoms with Gasteiger partial charge in [0, 0.05) is 42.1 Å². The molecule has 2 aromatic heterocycles. The first kappa shape index (κ1) is 20.9. The van der Waals surface area contributed by atoms with E-state index in [1.165, 1.54) is 11.3 Å². The number of amides is 2. The molecule has 29 heavy (non-hydrogen) atoms. The molecule has 1 aliphatic carbocycles. The highest BCUT2D eigenvalue weighted by Crippen LogP contribution is 2.28. The van der Waals surface area contributed by atoms with Crippen molar-refractivity contribution >= 4 is 29.6 Å². The van der Waals surface area contributed by atoms with Gasteiger partial charge in [-0.15, -0.1) is 11.3 Å². The number of aromatic nitrogens is 3. The van der Waals surface area contributed by atoms with Gasteiger partial charge in [-0.25, -0.2) is 4.98 Å². The molecule has 0 radical (unpaired) electrons. The van der Waals surface area contributed by atoms with E-state index in [-0.39, 0.29) is 24.2 Å². The number of hydrogen-bond donors (Lipinski definition) is 4. The summed E-state index contributed by atoms with van der Waals surface area (Å²) in [5.74, 6) is -0.395. The number of nitrogens with one attached hydrogen (secondary N) is 2. The molecule has 10 nitrogen and oxygen atoms in total. The Hall–Kier alpha value is -2.79. The van der Waals surface area contributed by atoms with Gasteiger partial charge in [-0.05, 0) is 19.3 Å². The topological polar surface area (TPSA) is 149 Å². The minimum absolute atomic E-state index is 0.0941. The van der Waals surface area contributed by atoms with Gasteiger partial charge < -0.3 is 20.4 Å². The van der Waals surface area contributed by atoms with E-state index in [0.717, 1.165) is 17.7 Å². The number of carbonyl (C=O) groups excluding carboxylic acids is 2. The number of rotatable bonds is 3. The maximum absolute atomic E-state index is 12.9. The Morgan fingerprint density at radius 2 is 2.17 bits per heavy atom. The van der Waals surface area contributed by atoms with Crippen LogP contribution < -0.4 is 5.32 Å². The summed E-state index contributed by atoms with van der Waals surface area (Å²) in [4.78, 5) is 39.4. The predicted molar refractivity (Wildman–Crippen MR) is 103 cm³/mol. The molecule has 1 fully saturated rings. The predicted octanol–water partition coefficient (Wildman–Crippen LogP) is 0.411. The number of H-pyrrole nitrogens is 1. The lowest BCUT2D eigenvalue weighted by atomic mass is 9.82. The van der Waals surface area contributed by atoms with Crippen molar-refractivity contribution in [1.29, 1.82) is 0 Å². The smallest absolute Gasteiger partial charge is 0.290 e. The van der Waals surface area contributed by atoms with Crippen molar-refractivity contribution in [3.05, 3.63) is 34.0 Å². The Kier molecular flexibility index (Phi) is 6.94. The van der Waals surface area contributed by atoms with Crippen LogP contribution in [0.1, 0.15) is 41.0 Å². The molecule has 0 spiro atoms. The molecule has 2 aliphatic rings. The van der Waals surface area contributed by atoms with Crippen LogP contribution in [-0.4, -0.2) is 67.3 Å². The molecule has 3 atom stereocenters. The second-order valence-corrected chi connectivity index (χ2v) is 7.74. The average Bonchev–Trinajstić information content (AvgIpc) is 3.41. The molecule has 156 valence electrons. The lowest BCUT2D eigenvalue weighted by Gasteiger charge is -2.36. The number of aliphatic hydroxyl groups excluding tert-OH is 1. The van der Waals surface area contributed by atoms with E-state index in [0.29, 0.717) is 38.0 Å². The van der Waals surface area contributed by atoms with Crippen LogP contribution in [0.15, 0.2) is 17.1 Å². The number of thiazole rings is 1. The summed E-state index contributed by atoms with van der Waals surface area (Å²) in [6.07, 6.45) is 3.51. The minimum Gasteiger partial charge on any atom is -0.483 e. The van der Waals surface area contributed by atoms with Gasteiger partial charge in [0.15, 0.2) is 0 Å². The van der Waals surface area contributed by atoms with E-state index >= 15 is 0 Å². The summed E-state index contributed by atoms with van der Waals surface area (Å²) in [5.41, 5.74) is 4.11. The molecular weight excluding hydrogens is 398 g/mol. The quantitative estimate of drug-likeness (QED) is 0.525. The monoisotopic (exact) mass is 421 g/mol. The van der Waals surface area contributed by atoms with Crippen LogP contribution in [0.3, 0.4) is 0 Å². The Balaban J connectivity index is 0.000000755. The summed E-state index contributed by atoms with van der Waals surface area (Å²) >= 11 is 1.35. The van der Waals surface area contributed by atoms with Gasteiger partial charge in [-0.1, -0.05) is 0 Å². The molecule has 1 saturated carbocycles. The maximum atomic E-state index is 12.9. The highest BCUT2D eigenvalue weighted by molar-refractivity contribution is 7.07. The number of aromatic amines is 1. The summed E-state index contributed by atoms with van der Waals surface area (Å²) in [6, 6.07) is -0.429. The molecule has 2 aromatic rings. The van der Waals surface area contributed by atoms with E-state index < -0.39 is 12.1 Å². The van der Waals surface area contributed by atoms with Crippen LogP contribution in [0.2, 0.25) is 0 Å². The van der Waals surface area contributed by atoms with Crippen molar-refractivity contribution in [2.24, 2.45) is 5.92 Å². The summed E-state index contributed by atoms with van der Waals surface area (Å²) in [5, 5.41) is 28.7. The fourth-order valence-electron chi connectivity index (χ4n) is 3.77.